The molecule has 12 heavy (non-hydrogen) atoms. The van der Waals surface area contributed by atoms with Gasteiger partial charge in [0, 0.05) is 6.61 Å². The van der Waals surface area contributed by atoms with Crippen LogP contribution in [0.15, 0.2) is 0 Å². The minimum absolute atomic E-state index is 0.108. The van der Waals surface area contributed by atoms with Crippen molar-refractivity contribution in [2.75, 3.05) is 26.4 Å². The zero-order valence-corrected chi connectivity index (χ0v) is 8.18. The van der Waals surface area contributed by atoms with Crippen LogP contribution in [0.4, 0.5) is 0 Å². The maximum Gasteiger partial charge on any atom is 0.0642 e. The zero-order chi connectivity index (χ0) is 9.23. The third-order valence-corrected chi connectivity index (χ3v) is 1.57. The second kappa shape index (κ2) is 8.97. The molecule has 2 N–H and O–H groups in total. The van der Waals surface area contributed by atoms with Crippen LogP contribution >= 0.6 is 0 Å². The van der Waals surface area contributed by atoms with Crippen molar-refractivity contribution >= 4 is 0 Å². The van der Waals surface area contributed by atoms with Gasteiger partial charge in [0.15, 0.2) is 0 Å². The summed E-state index contributed by atoms with van der Waals surface area (Å²) in [6.07, 6.45) is 2.12. The Bertz CT molecular complexity index is 88.6. The van der Waals surface area contributed by atoms with Gasteiger partial charge in [-0.05, 0) is 19.4 Å². The molecule has 0 amide bonds. The molecule has 0 aromatic rings. The monoisotopic (exact) mass is 175 g/mol. The summed E-state index contributed by atoms with van der Waals surface area (Å²) in [5.41, 5.74) is 0. The van der Waals surface area contributed by atoms with E-state index in [0.29, 0.717) is 6.61 Å². The predicted molar refractivity (Wildman–Crippen MR) is 50.3 cm³/mol. The van der Waals surface area contributed by atoms with Gasteiger partial charge in [0.2, 0.25) is 0 Å². The van der Waals surface area contributed by atoms with Crippen molar-refractivity contribution in [1.82, 2.24) is 5.32 Å². The zero-order valence-electron chi connectivity index (χ0n) is 8.18. The molecule has 0 spiro atoms. The van der Waals surface area contributed by atoms with Crippen LogP contribution < -0.4 is 5.32 Å². The summed E-state index contributed by atoms with van der Waals surface area (Å²) < 4.78 is 5.31. The van der Waals surface area contributed by atoms with Crippen LogP contribution in [-0.2, 0) is 4.74 Å². The molecule has 0 fully saturated rings. The highest BCUT2D eigenvalue weighted by Crippen LogP contribution is 1.87. The lowest BCUT2D eigenvalue weighted by Gasteiger charge is -2.15. The Balaban J connectivity index is 3.26. The Labute approximate surface area is 75.1 Å². The summed E-state index contributed by atoms with van der Waals surface area (Å²) in [6.45, 7) is 6.68. The van der Waals surface area contributed by atoms with E-state index in [1.807, 2.05) is 0 Å². The molecule has 74 valence electrons. The summed E-state index contributed by atoms with van der Waals surface area (Å²) in [5, 5.41) is 12.1. The quantitative estimate of drug-likeness (QED) is 0.535. The van der Waals surface area contributed by atoms with Gasteiger partial charge in [-0.2, -0.15) is 0 Å². The van der Waals surface area contributed by atoms with Gasteiger partial charge in [0.25, 0.3) is 0 Å². The maximum absolute atomic E-state index is 8.91. The van der Waals surface area contributed by atoms with Crippen molar-refractivity contribution in [1.29, 1.82) is 0 Å². The fraction of sp³-hybridized carbons (Fsp3) is 1.00. The highest BCUT2D eigenvalue weighted by atomic mass is 16.5. The lowest BCUT2D eigenvalue weighted by Crippen LogP contribution is -2.37. The summed E-state index contributed by atoms with van der Waals surface area (Å²) in [7, 11) is 0. The second-order valence-corrected chi connectivity index (χ2v) is 2.91. The number of hydrogen-bond donors (Lipinski definition) is 2. The van der Waals surface area contributed by atoms with Crippen molar-refractivity contribution in [3.05, 3.63) is 0 Å². The molecule has 0 rings (SSSR count). The minimum Gasteiger partial charge on any atom is -0.395 e. The Morgan fingerprint density at radius 2 is 2.08 bits per heavy atom. The van der Waals surface area contributed by atoms with E-state index in [9.17, 15) is 0 Å². The van der Waals surface area contributed by atoms with Gasteiger partial charge in [0.1, 0.15) is 0 Å². The van der Waals surface area contributed by atoms with E-state index in [1.165, 1.54) is 0 Å². The van der Waals surface area contributed by atoms with E-state index in [-0.39, 0.29) is 12.6 Å². The lowest BCUT2D eigenvalue weighted by atomic mass is 10.3. The molecule has 0 radical (unpaired) electrons. The van der Waals surface area contributed by atoms with E-state index in [0.717, 1.165) is 26.0 Å². The molecule has 0 aliphatic rings. The number of nitrogens with one attached hydrogen (secondary N) is 1. The molecule has 0 aromatic heterocycles. The molecule has 1 atom stereocenters. The first kappa shape index (κ1) is 11.9. The van der Waals surface area contributed by atoms with E-state index < -0.39 is 0 Å². The topological polar surface area (TPSA) is 41.5 Å². The molecule has 0 bridgehead atoms. The van der Waals surface area contributed by atoms with E-state index in [4.69, 9.17) is 9.84 Å². The van der Waals surface area contributed by atoms with Crippen LogP contribution in [0.25, 0.3) is 0 Å². The summed E-state index contributed by atoms with van der Waals surface area (Å²) >= 11 is 0. The lowest BCUT2D eigenvalue weighted by molar-refractivity contribution is 0.0893. The Kier molecular flexibility index (Phi) is 8.88. The van der Waals surface area contributed by atoms with Crippen molar-refractivity contribution < 1.29 is 9.84 Å². The standard InChI is InChI=1S/C9H21NO2/c1-3-5-10-9(7-11)8-12-6-4-2/h9-11H,3-8H2,1-2H3. The molecule has 0 aromatic carbocycles. The predicted octanol–water partition coefficient (Wildman–Crippen LogP) is 0.773. The first-order valence-electron chi connectivity index (χ1n) is 4.77. The van der Waals surface area contributed by atoms with Crippen LogP contribution in [0, 0.1) is 0 Å². The number of hydrogen-bond acceptors (Lipinski definition) is 3. The number of rotatable bonds is 8. The highest BCUT2D eigenvalue weighted by molar-refractivity contribution is 4.63. The Morgan fingerprint density at radius 3 is 2.58 bits per heavy atom. The van der Waals surface area contributed by atoms with Crippen LogP contribution in [-0.4, -0.2) is 37.5 Å². The fourth-order valence-corrected chi connectivity index (χ4v) is 0.895. The van der Waals surface area contributed by atoms with Gasteiger partial charge in [-0.1, -0.05) is 13.8 Å². The van der Waals surface area contributed by atoms with Crippen molar-refractivity contribution in [2.24, 2.45) is 0 Å². The number of aliphatic hydroxyl groups is 1. The summed E-state index contributed by atoms with van der Waals surface area (Å²) in [6, 6.07) is 0.108. The van der Waals surface area contributed by atoms with E-state index in [1.54, 1.807) is 0 Å². The Morgan fingerprint density at radius 1 is 1.33 bits per heavy atom. The van der Waals surface area contributed by atoms with Gasteiger partial charge in [-0.15, -0.1) is 0 Å². The van der Waals surface area contributed by atoms with Gasteiger partial charge < -0.3 is 15.2 Å². The van der Waals surface area contributed by atoms with Gasteiger partial charge >= 0.3 is 0 Å². The van der Waals surface area contributed by atoms with Gasteiger partial charge in [-0.3, -0.25) is 0 Å². The molecule has 3 heteroatoms. The molecule has 0 saturated heterocycles. The maximum atomic E-state index is 8.91. The molecular weight excluding hydrogens is 154 g/mol. The number of aliphatic hydroxyl groups excluding tert-OH is 1. The minimum atomic E-state index is 0.108. The van der Waals surface area contributed by atoms with Crippen molar-refractivity contribution in [3.63, 3.8) is 0 Å². The molecule has 1 unspecified atom stereocenters. The van der Waals surface area contributed by atoms with E-state index >= 15 is 0 Å². The fourth-order valence-electron chi connectivity index (χ4n) is 0.895. The van der Waals surface area contributed by atoms with Crippen LogP contribution in [0.1, 0.15) is 26.7 Å². The Hall–Kier alpha value is -0.120. The largest absolute Gasteiger partial charge is 0.395 e. The molecule has 3 nitrogen and oxygen atoms in total. The average molecular weight is 175 g/mol. The first-order valence-corrected chi connectivity index (χ1v) is 4.77. The molecule has 0 aliphatic carbocycles. The first-order chi connectivity index (χ1) is 5.85. The van der Waals surface area contributed by atoms with Crippen LogP contribution in [0.5, 0.6) is 0 Å². The van der Waals surface area contributed by atoms with Crippen LogP contribution in [0.2, 0.25) is 0 Å². The third-order valence-electron chi connectivity index (χ3n) is 1.57. The molecule has 0 aliphatic heterocycles. The normalized spacial score (nSPS) is 13.2. The summed E-state index contributed by atoms with van der Waals surface area (Å²) in [5.74, 6) is 0. The third kappa shape index (κ3) is 6.58. The average Bonchev–Trinajstić information content (AvgIpc) is 2.11. The smallest absolute Gasteiger partial charge is 0.0642 e. The van der Waals surface area contributed by atoms with Crippen molar-refractivity contribution in [2.45, 2.75) is 32.7 Å². The van der Waals surface area contributed by atoms with Crippen molar-refractivity contribution in [3.8, 4) is 0 Å². The summed E-state index contributed by atoms with van der Waals surface area (Å²) in [4.78, 5) is 0. The van der Waals surface area contributed by atoms with Gasteiger partial charge in [0.05, 0.1) is 19.3 Å². The molecular formula is C9H21NO2. The number of ether oxygens (including phenoxy) is 1. The second-order valence-electron chi connectivity index (χ2n) is 2.91. The highest BCUT2D eigenvalue weighted by Gasteiger charge is 2.04. The van der Waals surface area contributed by atoms with Crippen LogP contribution in [0.3, 0.4) is 0 Å². The van der Waals surface area contributed by atoms with E-state index in [2.05, 4.69) is 19.2 Å². The molecule has 0 heterocycles. The SMILES string of the molecule is CCCNC(CO)COCCC. The molecule has 0 saturated carbocycles. The van der Waals surface area contributed by atoms with Gasteiger partial charge in [-0.25, -0.2) is 0 Å².